The highest BCUT2D eigenvalue weighted by Crippen LogP contribution is 2.58. The van der Waals surface area contributed by atoms with E-state index in [4.69, 9.17) is 11.1 Å². The second-order valence-corrected chi connectivity index (χ2v) is 12.4. The van der Waals surface area contributed by atoms with Gasteiger partial charge in [-0.2, -0.15) is 0 Å². The third-order valence-corrected chi connectivity index (χ3v) is 9.61. The van der Waals surface area contributed by atoms with Crippen molar-refractivity contribution < 1.29 is 0 Å². The van der Waals surface area contributed by atoms with Gasteiger partial charge >= 0.3 is 0 Å². The van der Waals surface area contributed by atoms with Crippen LogP contribution in [0.15, 0.2) is 158 Å². The van der Waals surface area contributed by atoms with Crippen LogP contribution in [0.25, 0.3) is 88.6 Å². The van der Waals surface area contributed by atoms with Crippen LogP contribution in [0, 0.1) is 5.41 Å². The summed E-state index contributed by atoms with van der Waals surface area (Å²) < 4.78 is 0. The molecule has 0 bridgehead atoms. The molecule has 8 aromatic rings. The number of aromatic nitrogens is 3. The third-order valence-electron chi connectivity index (χ3n) is 9.61. The van der Waals surface area contributed by atoms with Crippen molar-refractivity contribution in [1.29, 1.82) is 5.41 Å². The number of fused-ring (bicyclic) bond motifs is 4. The number of hydrogen-bond acceptors (Lipinski definition) is 5. The molecule has 236 valence electrons. The molecule has 1 aliphatic carbocycles. The van der Waals surface area contributed by atoms with Gasteiger partial charge in [-0.15, -0.1) is 0 Å². The van der Waals surface area contributed by atoms with Crippen molar-refractivity contribution in [2.75, 3.05) is 6.54 Å². The molecular weight excluding hydrogens is 611 g/mol. The number of hydrogen-bond donors (Lipinski definition) is 2. The van der Waals surface area contributed by atoms with E-state index < -0.39 is 0 Å². The third kappa shape index (κ3) is 4.75. The minimum atomic E-state index is 0.198. The maximum atomic E-state index is 8.27. The van der Waals surface area contributed by atoms with Gasteiger partial charge in [-0.25, -0.2) is 15.0 Å². The first-order valence-corrected chi connectivity index (χ1v) is 16.7. The Morgan fingerprint density at radius 3 is 1.72 bits per heavy atom. The summed E-state index contributed by atoms with van der Waals surface area (Å²) in [6.07, 6.45) is 4.78. The van der Waals surface area contributed by atoms with E-state index in [0.29, 0.717) is 18.2 Å². The van der Waals surface area contributed by atoms with Gasteiger partial charge in [0.15, 0.2) is 11.6 Å². The molecule has 0 atom stereocenters. The molecular formula is C45H31N5. The number of rotatable bonds is 7. The molecule has 50 heavy (non-hydrogen) atoms. The molecule has 0 radical (unpaired) electrons. The van der Waals surface area contributed by atoms with Gasteiger partial charge in [-0.1, -0.05) is 146 Å². The maximum absolute atomic E-state index is 8.27. The van der Waals surface area contributed by atoms with Crippen molar-refractivity contribution in [3.63, 3.8) is 0 Å². The number of nitrogens with two attached hydrogens (primary N) is 1. The lowest BCUT2D eigenvalue weighted by Gasteiger charge is -2.20. The van der Waals surface area contributed by atoms with Crippen LogP contribution in [0.5, 0.6) is 0 Å². The van der Waals surface area contributed by atoms with Crippen molar-refractivity contribution in [2.24, 2.45) is 5.73 Å². The van der Waals surface area contributed by atoms with Gasteiger partial charge in [-0.05, 0) is 83.3 Å². The molecule has 0 saturated heterocycles. The SMILES string of the molecule is N=C(/C=C\CN)c1ncnc(-c2ccc(-c3ccc4c5c(cccc35)-c3c-4c(-c4ccccc4)c4ccccc4c3-c3ccccc3)cc2)n1. The highest BCUT2D eigenvalue weighted by Gasteiger charge is 2.31. The quantitative estimate of drug-likeness (QED) is 0.170. The van der Waals surface area contributed by atoms with Crippen molar-refractivity contribution in [2.45, 2.75) is 0 Å². The Kier molecular flexibility index (Phi) is 7.19. The summed E-state index contributed by atoms with van der Waals surface area (Å²) >= 11 is 0. The highest BCUT2D eigenvalue weighted by atomic mass is 15.0. The molecule has 5 nitrogen and oxygen atoms in total. The minimum absolute atomic E-state index is 0.198. The standard InChI is InChI=1S/C45H31N5/c46-26-10-19-38(47)45-49-27-48-44(50-45)31-22-20-28(21-23-31)32-24-25-37-41-33(32)17-9-18-36(41)42-39(29-11-3-1-4-12-29)34-15-7-8-16-35(34)40(43(37)42)30-13-5-2-6-14-30/h1-25,27,47H,26,46H2/b19-10-,47-38?. The lowest BCUT2D eigenvalue weighted by molar-refractivity contribution is 1.03. The number of allylic oxidation sites excluding steroid dienone is 1. The van der Waals surface area contributed by atoms with Gasteiger partial charge in [0.25, 0.3) is 0 Å². The van der Waals surface area contributed by atoms with Crippen molar-refractivity contribution >= 4 is 27.3 Å². The van der Waals surface area contributed by atoms with Gasteiger partial charge < -0.3 is 5.73 Å². The molecule has 3 N–H and O–H groups in total. The van der Waals surface area contributed by atoms with E-state index in [0.717, 1.165) is 11.1 Å². The van der Waals surface area contributed by atoms with Crippen molar-refractivity contribution in [3.05, 3.63) is 164 Å². The van der Waals surface area contributed by atoms with Crippen LogP contribution in [0.1, 0.15) is 5.82 Å². The van der Waals surface area contributed by atoms with Crippen LogP contribution in [0.2, 0.25) is 0 Å². The van der Waals surface area contributed by atoms with Crippen LogP contribution in [-0.4, -0.2) is 27.2 Å². The predicted octanol–water partition coefficient (Wildman–Crippen LogP) is 10.4. The molecule has 0 unspecified atom stereocenters. The molecule has 0 aliphatic heterocycles. The van der Waals surface area contributed by atoms with E-state index in [-0.39, 0.29) is 5.71 Å². The second-order valence-electron chi connectivity index (χ2n) is 12.4. The summed E-state index contributed by atoms with van der Waals surface area (Å²) in [5.74, 6) is 0.838. The lowest BCUT2D eigenvalue weighted by atomic mass is 9.82. The Morgan fingerprint density at radius 1 is 0.520 bits per heavy atom. The molecule has 0 amide bonds. The number of nitrogens with zero attached hydrogens (tertiary/aromatic N) is 3. The van der Waals surface area contributed by atoms with E-state index in [1.807, 2.05) is 12.1 Å². The Balaban J connectivity index is 1.24. The van der Waals surface area contributed by atoms with Crippen LogP contribution in [0.4, 0.5) is 0 Å². The van der Waals surface area contributed by atoms with Crippen molar-refractivity contribution in [1.82, 2.24) is 15.0 Å². The summed E-state index contributed by atoms with van der Waals surface area (Å²) in [6, 6.07) is 50.1. The monoisotopic (exact) mass is 641 g/mol. The Bertz CT molecular complexity index is 2530. The fourth-order valence-electron chi connectivity index (χ4n) is 7.49. The normalized spacial score (nSPS) is 11.8. The fraction of sp³-hybridized carbons (Fsp3) is 0.0222. The summed E-state index contributed by atoms with van der Waals surface area (Å²) in [4.78, 5) is 13.1. The predicted molar refractivity (Wildman–Crippen MR) is 206 cm³/mol. The minimum Gasteiger partial charge on any atom is -0.327 e. The van der Waals surface area contributed by atoms with E-state index in [9.17, 15) is 0 Å². The van der Waals surface area contributed by atoms with Gasteiger partial charge in [-0.3, -0.25) is 5.41 Å². The van der Waals surface area contributed by atoms with Crippen LogP contribution in [0.3, 0.4) is 0 Å². The summed E-state index contributed by atoms with van der Waals surface area (Å²) in [5.41, 5.74) is 19.0. The molecule has 9 rings (SSSR count). The zero-order valence-corrected chi connectivity index (χ0v) is 27.1. The van der Waals surface area contributed by atoms with Gasteiger partial charge in [0.2, 0.25) is 0 Å². The smallest absolute Gasteiger partial charge is 0.181 e. The van der Waals surface area contributed by atoms with Gasteiger partial charge in [0.05, 0.1) is 5.71 Å². The summed E-state index contributed by atoms with van der Waals surface area (Å²) in [5, 5.41) is 13.3. The summed E-state index contributed by atoms with van der Waals surface area (Å²) in [6.45, 7) is 0.351. The van der Waals surface area contributed by atoms with Crippen LogP contribution >= 0.6 is 0 Å². The average Bonchev–Trinajstić information content (AvgIpc) is 3.51. The number of nitrogens with one attached hydrogen (secondary N) is 1. The zero-order valence-electron chi connectivity index (χ0n) is 27.1. The highest BCUT2D eigenvalue weighted by molar-refractivity contribution is 6.28. The Morgan fingerprint density at radius 2 is 1.08 bits per heavy atom. The topological polar surface area (TPSA) is 88.5 Å². The Hall–Kier alpha value is -6.56. The van der Waals surface area contributed by atoms with E-state index >= 15 is 0 Å². The summed E-state index contributed by atoms with van der Waals surface area (Å²) in [7, 11) is 0. The average molecular weight is 642 g/mol. The molecule has 0 fully saturated rings. The molecule has 1 aliphatic rings. The fourth-order valence-corrected chi connectivity index (χ4v) is 7.49. The zero-order chi connectivity index (χ0) is 33.6. The van der Waals surface area contributed by atoms with Crippen molar-refractivity contribution in [3.8, 4) is 67.0 Å². The molecule has 1 heterocycles. The number of benzene rings is 7. The van der Waals surface area contributed by atoms with Crippen LogP contribution in [-0.2, 0) is 0 Å². The van der Waals surface area contributed by atoms with Gasteiger partial charge in [0.1, 0.15) is 6.33 Å². The lowest BCUT2D eigenvalue weighted by Crippen LogP contribution is -2.05. The van der Waals surface area contributed by atoms with E-state index in [2.05, 4.69) is 142 Å². The van der Waals surface area contributed by atoms with E-state index in [1.54, 1.807) is 12.2 Å². The van der Waals surface area contributed by atoms with Gasteiger partial charge in [0, 0.05) is 12.1 Å². The van der Waals surface area contributed by atoms with E-state index in [1.165, 1.54) is 77.9 Å². The molecule has 5 heteroatoms. The molecule has 7 aromatic carbocycles. The largest absolute Gasteiger partial charge is 0.327 e. The first-order chi connectivity index (χ1) is 24.7. The molecule has 0 spiro atoms. The van der Waals surface area contributed by atoms with Crippen LogP contribution < -0.4 is 5.73 Å². The maximum Gasteiger partial charge on any atom is 0.181 e. The second kappa shape index (κ2) is 12.2. The Labute approximate surface area is 290 Å². The first kappa shape index (κ1) is 29.6. The first-order valence-electron chi connectivity index (χ1n) is 16.7. The molecule has 0 saturated carbocycles. The molecule has 1 aromatic heterocycles.